The number of hydrogen-bond donors (Lipinski definition) is 1. The summed E-state index contributed by atoms with van der Waals surface area (Å²) in [7, 11) is 0. The van der Waals surface area contributed by atoms with Crippen molar-refractivity contribution < 1.29 is 4.79 Å². The number of rotatable bonds is 6. The van der Waals surface area contributed by atoms with E-state index in [1.54, 1.807) is 18.6 Å². The number of thioether (sulfide) groups is 1. The Balaban J connectivity index is 1.87. The highest BCUT2D eigenvalue weighted by Crippen LogP contribution is 2.17. The monoisotopic (exact) mass is 287 g/mol. The van der Waals surface area contributed by atoms with E-state index in [2.05, 4.69) is 22.2 Å². The molecule has 2 aromatic rings. The molecule has 1 amide bonds. The van der Waals surface area contributed by atoms with Gasteiger partial charge < -0.3 is 5.32 Å². The number of nitrogens with zero attached hydrogens (tertiary/aromatic N) is 2. The van der Waals surface area contributed by atoms with Crippen LogP contribution in [0, 0.1) is 0 Å². The first kappa shape index (κ1) is 14.5. The third kappa shape index (κ3) is 4.35. The van der Waals surface area contributed by atoms with E-state index in [0.717, 1.165) is 17.0 Å². The standard InChI is InChI=1S/C15H17N3OS/c1-2-13(12-6-9-16-10-7-12)18-14(19)11-20-15-5-3-4-8-17-15/h3-10,13H,2,11H2,1H3,(H,18,19)/t13-/m1/s1. The summed E-state index contributed by atoms with van der Waals surface area (Å²) in [5, 5.41) is 3.90. The van der Waals surface area contributed by atoms with Crippen LogP contribution < -0.4 is 5.32 Å². The SMILES string of the molecule is CC[C@@H](NC(=O)CSc1ccccn1)c1ccncc1. The normalized spacial score (nSPS) is 11.8. The van der Waals surface area contributed by atoms with Gasteiger partial charge in [-0.05, 0) is 36.2 Å². The van der Waals surface area contributed by atoms with E-state index in [1.807, 2.05) is 30.3 Å². The fourth-order valence-electron chi connectivity index (χ4n) is 1.82. The van der Waals surface area contributed by atoms with Gasteiger partial charge in [-0.25, -0.2) is 4.98 Å². The molecular weight excluding hydrogens is 270 g/mol. The van der Waals surface area contributed by atoms with E-state index < -0.39 is 0 Å². The zero-order valence-electron chi connectivity index (χ0n) is 11.3. The quantitative estimate of drug-likeness (QED) is 0.830. The minimum absolute atomic E-state index is 0.0179. The fourth-order valence-corrected chi connectivity index (χ4v) is 2.50. The van der Waals surface area contributed by atoms with Gasteiger partial charge in [-0.1, -0.05) is 24.8 Å². The molecular formula is C15H17N3OS. The summed E-state index contributed by atoms with van der Waals surface area (Å²) in [6.07, 6.45) is 6.07. The molecule has 2 aromatic heterocycles. The van der Waals surface area contributed by atoms with Crippen LogP contribution in [0.1, 0.15) is 24.9 Å². The average Bonchev–Trinajstić information content (AvgIpc) is 2.52. The van der Waals surface area contributed by atoms with Crippen LogP contribution in [-0.4, -0.2) is 21.6 Å². The zero-order chi connectivity index (χ0) is 14.2. The number of pyridine rings is 2. The Labute approximate surface area is 123 Å². The lowest BCUT2D eigenvalue weighted by molar-refractivity contribution is -0.119. The fraction of sp³-hybridized carbons (Fsp3) is 0.267. The Hall–Kier alpha value is -1.88. The Kier molecular flexibility index (Phi) is 5.55. The van der Waals surface area contributed by atoms with E-state index in [1.165, 1.54) is 11.8 Å². The molecule has 0 saturated heterocycles. The maximum atomic E-state index is 12.0. The van der Waals surface area contributed by atoms with Gasteiger partial charge in [0.25, 0.3) is 0 Å². The van der Waals surface area contributed by atoms with Crippen molar-refractivity contribution in [2.24, 2.45) is 0 Å². The molecule has 0 radical (unpaired) electrons. The van der Waals surface area contributed by atoms with Crippen LogP contribution >= 0.6 is 11.8 Å². The molecule has 0 aromatic carbocycles. The van der Waals surface area contributed by atoms with Crippen molar-refractivity contribution >= 4 is 17.7 Å². The molecule has 2 rings (SSSR count). The van der Waals surface area contributed by atoms with Crippen molar-refractivity contribution in [2.75, 3.05) is 5.75 Å². The maximum Gasteiger partial charge on any atom is 0.230 e. The summed E-state index contributed by atoms with van der Waals surface area (Å²) in [5.41, 5.74) is 1.08. The van der Waals surface area contributed by atoms with Crippen molar-refractivity contribution in [3.8, 4) is 0 Å². The molecule has 104 valence electrons. The van der Waals surface area contributed by atoms with Crippen molar-refractivity contribution in [3.05, 3.63) is 54.5 Å². The van der Waals surface area contributed by atoms with Crippen molar-refractivity contribution in [1.82, 2.24) is 15.3 Å². The molecule has 0 aliphatic rings. The van der Waals surface area contributed by atoms with Crippen LogP contribution in [0.25, 0.3) is 0 Å². The highest BCUT2D eigenvalue weighted by Gasteiger charge is 2.12. The molecule has 2 heterocycles. The topological polar surface area (TPSA) is 54.9 Å². The molecule has 0 bridgehead atoms. The predicted molar refractivity (Wildman–Crippen MR) is 80.4 cm³/mol. The van der Waals surface area contributed by atoms with Gasteiger partial charge in [0.05, 0.1) is 16.8 Å². The third-order valence-corrected chi connectivity index (χ3v) is 3.78. The summed E-state index contributed by atoms with van der Waals surface area (Å²) in [5.74, 6) is 0.391. The minimum Gasteiger partial charge on any atom is -0.349 e. The van der Waals surface area contributed by atoms with Crippen LogP contribution in [-0.2, 0) is 4.79 Å². The largest absolute Gasteiger partial charge is 0.349 e. The van der Waals surface area contributed by atoms with Crippen LogP contribution in [0.2, 0.25) is 0 Å². The number of carbonyl (C=O) groups is 1. The molecule has 0 saturated carbocycles. The first-order valence-corrected chi connectivity index (χ1v) is 7.51. The van der Waals surface area contributed by atoms with E-state index in [9.17, 15) is 4.79 Å². The van der Waals surface area contributed by atoms with Crippen molar-refractivity contribution in [2.45, 2.75) is 24.4 Å². The second kappa shape index (κ2) is 7.65. The molecule has 0 aliphatic heterocycles. The summed E-state index contributed by atoms with van der Waals surface area (Å²) in [4.78, 5) is 20.2. The molecule has 0 fully saturated rings. The number of aromatic nitrogens is 2. The van der Waals surface area contributed by atoms with Gasteiger partial charge in [0, 0.05) is 18.6 Å². The predicted octanol–water partition coefficient (Wildman–Crippen LogP) is 2.84. The number of hydrogen-bond acceptors (Lipinski definition) is 4. The maximum absolute atomic E-state index is 12.0. The summed E-state index contributed by atoms with van der Waals surface area (Å²) in [6.45, 7) is 2.05. The summed E-state index contributed by atoms with van der Waals surface area (Å²) >= 11 is 1.44. The van der Waals surface area contributed by atoms with Gasteiger partial charge in [0.2, 0.25) is 5.91 Å². The van der Waals surface area contributed by atoms with E-state index >= 15 is 0 Å². The average molecular weight is 287 g/mol. The van der Waals surface area contributed by atoms with Gasteiger partial charge in [-0.3, -0.25) is 9.78 Å². The highest BCUT2D eigenvalue weighted by atomic mass is 32.2. The van der Waals surface area contributed by atoms with Crippen molar-refractivity contribution in [3.63, 3.8) is 0 Å². The van der Waals surface area contributed by atoms with Gasteiger partial charge >= 0.3 is 0 Å². The molecule has 0 aliphatic carbocycles. The van der Waals surface area contributed by atoms with Crippen molar-refractivity contribution in [1.29, 1.82) is 0 Å². The zero-order valence-corrected chi connectivity index (χ0v) is 12.1. The van der Waals surface area contributed by atoms with Crippen LogP contribution in [0.15, 0.2) is 53.9 Å². The third-order valence-electron chi connectivity index (χ3n) is 2.84. The lowest BCUT2D eigenvalue weighted by Crippen LogP contribution is -2.29. The number of carbonyl (C=O) groups excluding carboxylic acids is 1. The second-order valence-electron chi connectivity index (χ2n) is 4.27. The van der Waals surface area contributed by atoms with Crippen LogP contribution in [0.4, 0.5) is 0 Å². The lowest BCUT2D eigenvalue weighted by Gasteiger charge is -2.17. The molecule has 0 spiro atoms. The molecule has 0 unspecified atom stereocenters. The molecule has 1 N–H and O–H groups in total. The summed E-state index contributed by atoms with van der Waals surface area (Å²) < 4.78 is 0. The second-order valence-corrected chi connectivity index (χ2v) is 5.26. The lowest BCUT2D eigenvalue weighted by atomic mass is 10.1. The summed E-state index contributed by atoms with van der Waals surface area (Å²) in [6, 6.07) is 9.58. The Morgan fingerprint density at radius 3 is 2.70 bits per heavy atom. The Morgan fingerprint density at radius 1 is 1.25 bits per heavy atom. The Morgan fingerprint density at radius 2 is 2.05 bits per heavy atom. The first-order valence-electron chi connectivity index (χ1n) is 6.52. The van der Waals surface area contributed by atoms with Crippen LogP contribution in [0.5, 0.6) is 0 Å². The van der Waals surface area contributed by atoms with E-state index in [-0.39, 0.29) is 11.9 Å². The Bertz CT molecular complexity index is 533. The number of amides is 1. The van der Waals surface area contributed by atoms with Crippen LogP contribution in [0.3, 0.4) is 0 Å². The van der Waals surface area contributed by atoms with Gasteiger partial charge in [0.15, 0.2) is 0 Å². The number of nitrogens with one attached hydrogen (secondary N) is 1. The smallest absolute Gasteiger partial charge is 0.230 e. The molecule has 5 heteroatoms. The van der Waals surface area contributed by atoms with E-state index in [0.29, 0.717) is 5.75 Å². The highest BCUT2D eigenvalue weighted by molar-refractivity contribution is 7.99. The first-order chi connectivity index (χ1) is 9.79. The molecule has 4 nitrogen and oxygen atoms in total. The minimum atomic E-state index is 0.0179. The van der Waals surface area contributed by atoms with Gasteiger partial charge in [-0.2, -0.15) is 0 Å². The molecule has 1 atom stereocenters. The van der Waals surface area contributed by atoms with Gasteiger partial charge in [-0.15, -0.1) is 0 Å². The van der Waals surface area contributed by atoms with E-state index in [4.69, 9.17) is 0 Å². The molecule has 20 heavy (non-hydrogen) atoms. The van der Waals surface area contributed by atoms with Gasteiger partial charge in [0.1, 0.15) is 0 Å².